The summed E-state index contributed by atoms with van der Waals surface area (Å²) in [6.45, 7) is 7.93. The predicted molar refractivity (Wildman–Crippen MR) is 137 cm³/mol. The Morgan fingerprint density at radius 1 is 1.34 bits per heavy atom. The zero-order chi connectivity index (χ0) is 22.7. The maximum atomic E-state index is 6.41. The van der Waals surface area contributed by atoms with Crippen molar-refractivity contribution in [1.29, 1.82) is 0 Å². The molecule has 168 valence electrons. The third kappa shape index (κ3) is 4.93. The van der Waals surface area contributed by atoms with Crippen LogP contribution in [0.2, 0.25) is 5.02 Å². The van der Waals surface area contributed by atoms with Crippen LogP contribution in [0.4, 0.5) is 5.69 Å². The zero-order valence-corrected chi connectivity index (χ0v) is 20.0. The van der Waals surface area contributed by atoms with E-state index in [0.717, 1.165) is 72.1 Å². The Morgan fingerprint density at radius 2 is 2.16 bits per heavy atom. The van der Waals surface area contributed by atoms with E-state index in [-0.39, 0.29) is 6.04 Å². The van der Waals surface area contributed by atoms with Crippen LogP contribution in [0.15, 0.2) is 65.4 Å². The summed E-state index contributed by atoms with van der Waals surface area (Å²) in [7, 11) is 0. The van der Waals surface area contributed by atoms with E-state index in [2.05, 4.69) is 28.9 Å². The van der Waals surface area contributed by atoms with Gasteiger partial charge >= 0.3 is 0 Å². The molecule has 4 rings (SSSR count). The first-order valence-electron chi connectivity index (χ1n) is 11.0. The van der Waals surface area contributed by atoms with Gasteiger partial charge in [0, 0.05) is 19.1 Å². The number of hydrogen-bond acceptors (Lipinski definition) is 6. The number of likely N-dealkylation sites (tertiary alicyclic amines) is 1. The molecule has 5 N–H and O–H groups in total. The van der Waals surface area contributed by atoms with Gasteiger partial charge in [0.05, 0.1) is 38.4 Å². The Kier molecular flexibility index (Phi) is 7.04. The van der Waals surface area contributed by atoms with Gasteiger partial charge in [0.1, 0.15) is 5.69 Å². The topological polar surface area (TPSA) is 80.2 Å². The van der Waals surface area contributed by atoms with Crippen molar-refractivity contribution in [2.24, 2.45) is 5.73 Å². The number of pyridine rings is 1. The third-order valence-corrected chi connectivity index (χ3v) is 7.09. The molecule has 0 spiro atoms. The molecule has 1 aliphatic carbocycles. The number of aromatic nitrogens is 1. The average molecular weight is 468 g/mol. The van der Waals surface area contributed by atoms with Gasteiger partial charge in [-0.2, -0.15) is 0 Å². The van der Waals surface area contributed by atoms with Crippen LogP contribution in [0.3, 0.4) is 0 Å². The molecular formula is C25H30ClN5S. The Morgan fingerprint density at radius 3 is 2.78 bits per heavy atom. The molecule has 0 bridgehead atoms. The van der Waals surface area contributed by atoms with E-state index < -0.39 is 0 Å². The Labute approximate surface area is 199 Å². The lowest BCUT2D eigenvalue weighted by Gasteiger charge is -2.34. The lowest BCUT2D eigenvalue weighted by Crippen LogP contribution is -2.42. The highest BCUT2D eigenvalue weighted by Crippen LogP contribution is 2.39. The van der Waals surface area contributed by atoms with Crippen LogP contribution in [-0.2, 0) is 0 Å². The molecule has 1 saturated heterocycles. The van der Waals surface area contributed by atoms with Crippen molar-refractivity contribution in [2.75, 3.05) is 18.8 Å². The van der Waals surface area contributed by atoms with Crippen molar-refractivity contribution in [2.45, 2.75) is 38.6 Å². The summed E-state index contributed by atoms with van der Waals surface area (Å²) in [4.78, 5) is 8.21. The highest BCUT2D eigenvalue weighted by Gasteiger charge is 2.25. The van der Waals surface area contributed by atoms with Crippen LogP contribution in [-0.4, -0.2) is 29.0 Å². The Bertz CT molecular complexity index is 1090. The number of nitrogens with zero attached hydrogens (tertiary/aromatic N) is 2. The third-order valence-electron chi connectivity index (χ3n) is 5.73. The predicted octanol–water partition coefficient (Wildman–Crippen LogP) is 5.54. The minimum atomic E-state index is 0.181. The molecule has 0 aromatic carbocycles. The maximum absolute atomic E-state index is 6.41. The van der Waals surface area contributed by atoms with E-state index in [0.29, 0.717) is 10.7 Å². The number of piperidine rings is 1. The van der Waals surface area contributed by atoms with E-state index in [9.17, 15) is 0 Å². The van der Waals surface area contributed by atoms with Crippen molar-refractivity contribution >= 4 is 34.3 Å². The summed E-state index contributed by atoms with van der Waals surface area (Å²) in [5.41, 5.74) is 19.2. The molecule has 1 aliphatic heterocycles. The fourth-order valence-corrected chi connectivity index (χ4v) is 5.13. The van der Waals surface area contributed by atoms with E-state index in [1.165, 1.54) is 5.57 Å². The minimum Gasteiger partial charge on any atom is -0.397 e. The van der Waals surface area contributed by atoms with Gasteiger partial charge in [0.15, 0.2) is 0 Å². The molecule has 2 aromatic heterocycles. The molecule has 7 heteroatoms. The van der Waals surface area contributed by atoms with Gasteiger partial charge in [-0.15, -0.1) is 11.3 Å². The number of nitrogen functional groups attached to an aromatic ring is 1. The first-order chi connectivity index (χ1) is 15.5. The van der Waals surface area contributed by atoms with Gasteiger partial charge < -0.3 is 21.7 Å². The summed E-state index contributed by atoms with van der Waals surface area (Å²) >= 11 is 7.95. The molecule has 3 heterocycles. The number of thiophene rings is 1. The lowest BCUT2D eigenvalue weighted by atomic mass is 10.0. The van der Waals surface area contributed by atoms with Gasteiger partial charge in [-0.25, -0.2) is 4.98 Å². The van der Waals surface area contributed by atoms with Crippen LogP contribution in [0, 0.1) is 0 Å². The van der Waals surface area contributed by atoms with Crippen LogP contribution in [0.1, 0.15) is 38.3 Å². The van der Waals surface area contributed by atoms with E-state index in [4.69, 9.17) is 28.1 Å². The molecule has 32 heavy (non-hydrogen) atoms. The quantitative estimate of drug-likeness (QED) is 0.466. The molecular weight excluding hydrogens is 438 g/mol. The molecule has 1 saturated carbocycles. The minimum absolute atomic E-state index is 0.181. The molecule has 0 unspecified atom stereocenters. The van der Waals surface area contributed by atoms with Gasteiger partial charge in [-0.1, -0.05) is 24.3 Å². The number of nitrogens with two attached hydrogens (primary N) is 2. The number of rotatable bonds is 7. The van der Waals surface area contributed by atoms with Crippen LogP contribution < -0.4 is 16.8 Å². The molecule has 5 nitrogen and oxygen atoms in total. The first kappa shape index (κ1) is 22.6. The van der Waals surface area contributed by atoms with Gasteiger partial charge in [-0.3, -0.25) is 0 Å². The summed E-state index contributed by atoms with van der Waals surface area (Å²) in [5.74, 6) is 0. The number of nitrogens with one attached hydrogen (secondary N) is 1. The van der Waals surface area contributed by atoms with Crippen LogP contribution in [0.5, 0.6) is 0 Å². The average Bonchev–Trinajstić information content (AvgIpc) is 3.54. The zero-order valence-electron chi connectivity index (χ0n) is 18.4. The number of halogens is 1. The highest BCUT2D eigenvalue weighted by atomic mass is 35.5. The SMILES string of the molecule is C=C/C(NC(=C1CC1)c1nc(-c2sccc2Cl)ccc1N)=C(\C=C/C)N1CCC[C@H](N)C1. The van der Waals surface area contributed by atoms with E-state index in [1.807, 2.05) is 36.6 Å². The second kappa shape index (κ2) is 9.94. The lowest BCUT2D eigenvalue weighted by molar-refractivity contribution is 0.264. The van der Waals surface area contributed by atoms with Crippen molar-refractivity contribution in [1.82, 2.24) is 15.2 Å². The summed E-state index contributed by atoms with van der Waals surface area (Å²) < 4.78 is 0. The number of allylic oxidation sites excluding steroid dienone is 4. The Balaban J connectivity index is 1.74. The van der Waals surface area contributed by atoms with Crippen molar-refractivity contribution in [3.05, 3.63) is 76.1 Å². The monoisotopic (exact) mass is 467 g/mol. The first-order valence-corrected chi connectivity index (χ1v) is 12.3. The number of hydrogen-bond donors (Lipinski definition) is 3. The Hall–Kier alpha value is -2.54. The van der Waals surface area contributed by atoms with E-state index >= 15 is 0 Å². The van der Waals surface area contributed by atoms with Gasteiger partial charge in [0.2, 0.25) is 0 Å². The van der Waals surface area contributed by atoms with Crippen LogP contribution >= 0.6 is 22.9 Å². The van der Waals surface area contributed by atoms with Crippen molar-refractivity contribution < 1.29 is 0 Å². The van der Waals surface area contributed by atoms with Crippen LogP contribution in [0.25, 0.3) is 16.3 Å². The summed E-state index contributed by atoms with van der Waals surface area (Å²) in [6.07, 6.45) is 10.3. The normalized spacial score (nSPS) is 19.2. The van der Waals surface area contributed by atoms with Crippen molar-refractivity contribution in [3.8, 4) is 10.6 Å². The molecule has 2 fully saturated rings. The number of anilines is 1. The molecule has 1 atom stereocenters. The van der Waals surface area contributed by atoms with Crippen molar-refractivity contribution in [3.63, 3.8) is 0 Å². The fraction of sp³-hybridized carbons (Fsp3) is 0.320. The molecule has 2 aromatic rings. The largest absolute Gasteiger partial charge is 0.397 e. The highest BCUT2D eigenvalue weighted by molar-refractivity contribution is 7.14. The molecule has 0 radical (unpaired) electrons. The second-order valence-corrected chi connectivity index (χ2v) is 9.51. The fourth-order valence-electron chi connectivity index (χ4n) is 4.01. The summed E-state index contributed by atoms with van der Waals surface area (Å²) in [5, 5.41) is 6.32. The smallest absolute Gasteiger partial charge is 0.110 e. The maximum Gasteiger partial charge on any atom is 0.110 e. The van der Waals surface area contributed by atoms with Gasteiger partial charge in [0.25, 0.3) is 0 Å². The molecule has 0 amide bonds. The molecule has 2 aliphatic rings. The summed E-state index contributed by atoms with van der Waals surface area (Å²) in [6, 6.07) is 5.91. The second-order valence-electron chi connectivity index (χ2n) is 8.19. The standard InChI is InChI=1S/C25H30ClN5S/c1-3-6-22(31-13-5-7-17(27)15-31)20(4-2)29-23(16-8-9-16)24-19(28)10-11-21(30-24)25-18(26)12-14-32-25/h3-4,6,10-12,14,17,29H,2,5,7-9,13,15,27-28H2,1H3/b6-3-,22-20-/t17-/m0/s1. The van der Waals surface area contributed by atoms with E-state index in [1.54, 1.807) is 11.3 Å². The van der Waals surface area contributed by atoms with Gasteiger partial charge in [-0.05, 0) is 73.9 Å².